The zero-order chi connectivity index (χ0) is 14.7. The Balaban J connectivity index is 2.22. The molecule has 0 fully saturated rings. The van der Waals surface area contributed by atoms with Crippen LogP contribution in [-0.4, -0.2) is 28.9 Å². The van der Waals surface area contributed by atoms with Gasteiger partial charge in [0.25, 0.3) is 5.91 Å². The number of anilines is 1. The molecular weight excluding hydrogens is 290 g/mol. The van der Waals surface area contributed by atoms with E-state index in [1.165, 1.54) is 11.3 Å². The molecule has 0 spiro atoms. The SMILES string of the molecule is CSCCC(C)NC(=O)c1sc2nccc(C)c2c1N. The Labute approximate surface area is 127 Å². The average molecular weight is 309 g/mol. The van der Waals surface area contributed by atoms with Crippen molar-refractivity contribution in [3.8, 4) is 0 Å². The molecule has 1 unspecified atom stereocenters. The fourth-order valence-electron chi connectivity index (χ4n) is 2.03. The van der Waals surface area contributed by atoms with Crippen LogP contribution < -0.4 is 11.1 Å². The summed E-state index contributed by atoms with van der Waals surface area (Å²) in [6.07, 6.45) is 4.76. The van der Waals surface area contributed by atoms with Gasteiger partial charge in [-0.3, -0.25) is 4.79 Å². The van der Waals surface area contributed by atoms with E-state index in [0.717, 1.165) is 28.0 Å². The number of carbonyl (C=O) groups excluding carboxylic acids is 1. The highest BCUT2D eigenvalue weighted by atomic mass is 32.2. The van der Waals surface area contributed by atoms with Crippen LogP contribution in [0.15, 0.2) is 12.3 Å². The topological polar surface area (TPSA) is 68.0 Å². The van der Waals surface area contributed by atoms with Crippen molar-refractivity contribution in [3.05, 3.63) is 22.7 Å². The minimum Gasteiger partial charge on any atom is -0.397 e. The molecule has 0 aromatic carbocycles. The van der Waals surface area contributed by atoms with E-state index < -0.39 is 0 Å². The van der Waals surface area contributed by atoms with Gasteiger partial charge in [-0.2, -0.15) is 11.8 Å². The van der Waals surface area contributed by atoms with Gasteiger partial charge >= 0.3 is 0 Å². The lowest BCUT2D eigenvalue weighted by Crippen LogP contribution is -2.32. The maximum Gasteiger partial charge on any atom is 0.263 e. The smallest absolute Gasteiger partial charge is 0.263 e. The highest BCUT2D eigenvalue weighted by Crippen LogP contribution is 2.34. The number of rotatable bonds is 5. The Morgan fingerprint density at radius 3 is 3.00 bits per heavy atom. The first kappa shape index (κ1) is 15.1. The van der Waals surface area contributed by atoms with E-state index in [9.17, 15) is 4.79 Å². The fourth-order valence-corrected chi connectivity index (χ4v) is 3.66. The molecule has 20 heavy (non-hydrogen) atoms. The molecule has 1 atom stereocenters. The molecule has 2 heterocycles. The monoisotopic (exact) mass is 309 g/mol. The van der Waals surface area contributed by atoms with Crippen molar-refractivity contribution >= 4 is 44.9 Å². The molecule has 2 rings (SSSR count). The van der Waals surface area contributed by atoms with Crippen LogP contribution in [0, 0.1) is 6.92 Å². The number of carbonyl (C=O) groups is 1. The Morgan fingerprint density at radius 2 is 2.35 bits per heavy atom. The van der Waals surface area contributed by atoms with Crippen LogP contribution >= 0.6 is 23.1 Å². The fraction of sp³-hybridized carbons (Fsp3) is 0.429. The number of fused-ring (bicyclic) bond motifs is 1. The number of aromatic nitrogens is 1. The molecule has 2 aromatic heterocycles. The van der Waals surface area contributed by atoms with Gasteiger partial charge in [0.1, 0.15) is 9.71 Å². The lowest BCUT2D eigenvalue weighted by Gasteiger charge is -2.12. The first-order valence-corrected chi connectivity index (χ1v) is 8.69. The molecule has 0 aliphatic rings. The Hall–Kier alpha value is -1.27. The Morgan fingerprint density at radius 1 is 1.60 bits per heavy atom. The average Bonchev–Trinajstić information content (AvgIpc) is 2.75. The van der Waals surface area contributed by atoms with E-state index in [0.29, 0.717) is 10.6 Å². The summed E-state index contributed by atoms with van der Waals surface area (Å²) in [4.78, 5) is 18.0. The van der Waals surface area contributed by atoms with Gasteiger partial charge in [-0.05, 0) is 43.9 Å². The molecule has 1 amide bonds. The van der Waals surface area contributed by atoms with Crippen molar-refractivity contribution in [2.75, 3.05) is 17.7 Å². The Kier molecular flexibility index (Phi) is 4.88. The first-order chi connectivity index (χ1) is 9.54. The first-order valence-electron chi connectivity index (χ1n) is 6.48. The van der Waals surface area contributed by atoms with Crippen molar-refractivity contribution in [1.82, 2.24) is 10.3 Å². The van der Waals surface area contributed by atoms with E-state index in [-0.39, 0.29) is 11.9 Å². The third kappa shape index (κ3) is 3.07. The molecule has 0 bridgehead atoms. The van der Waals surface area contributed by atoms with E-state index in [2.05, 4.69) is 16.6 Å². The summed E-state index contributed by atoms with van der Waals surface area (Å²) in [7, 11) is 0. The number of nitrogens with two attached hydrogens (primary N) is 1. The standard InChI is InChI=1S/C14H19N3OS2/c1-8-4-6-16-14-10(8)11(15)12(20-14)13(18)17-9(2)5-7-19-3/h4,6,9H,5,7,15H2,1-3H3,(H,17,18). The van der Waals surface area contributed by atoms with Crippen molar-refractivity contribution in [2.24, 2.45) is 0 Å². The minimum atomic E-state index is -0.0986. The zero-order valence-electron chi connectivity index (χ0n) is 11.9. The number of aryl methyl sites for hydroxylation is 1. The van der Waals surface area contributed by atoms with Crippen LogP contribution in [-0.2, 0) is 0 Å². The lowest BCUT2D eigenvalue weighted by molar-refractivity contribution is 0.0944. The normalized spacial score (nSPS) is 12.6. The van der Waals surface area contributed by atoms with Crippen LogP contribution in [0.25, 0.3) is 10.2 Å². The van der Waals surface area contributed by atoms with Crippen LogP contribution in [0.4, 0.5) is 5.69 Å². The molecule has 108 valence electrons. The van der Waals surface area contributed by atoms with Crippen molar-refractivity contribution < 1.29 is 4.79 Å². The molecule has 4 nitrogen and oxygen atoms in total. The van der Waals surface area contributed by atoms with Crippen LogP contribution in [0.3, 0.4) is 0 Å². The minimum absolute atomic E-state index is 0.0986. The summed E-state index contributed by atoms with van der Waals surface area (Å²) in [5, 5.41) is 3.90. The molecule has 3 N–H and O–H groups in total. The van der Waals surface area contributed by atoms with Gasteiger partial charge in [0.15, 0.2) is 0 Å². The number of hydrogen-bond donors (Lipinski definition) is 2. The van der Waals surface area contributed by atoms with Crippen LogP contribution in [0.5, 0.6) is 0 Å². The molecule has 0 saturated carbocycles. The number of nitrogen functional groups attached to an aromatic ring is 1. The van der Waals surface area contributed by atoms with Gasteiger partial charge in [0.05, 0.1) is 5.69 Å². The number of nitrogens with one attached hydrogen (secondary N) is 1. The van der Waals surface area contributed by atoms with Crippen molar-refractivity contribution in [3.63, 3.8) is 0 Å². The molecule has 0 aliphatic heterocycles. The van der Waals surface area contributed by atoms with Crippen molar-refractivity contribution in [2.45, 2.75) is 26.3 Å². The maximum atomic E-state index is 12.3. The van der Waals surface area contributed by atoms with Gasteiger partial charge in [0, 0.05) is 17.6 Å². The summed E-state index contributed by atoms with van der Waals surface area (Å²) in [5.41, 5.74) is 7.72. The summed E-state index contributed by atoms with van der Waals surface area (Å²) in [5.74, 6) is 0.933. The van der Waals surface area contributed by atoms with E-state index in [1.54, 1.807) is 18.0 Å². The number of thiophene rings is 1. The zero-order valence-corrected chi connectivity index (χ0v) is 13.5. The molecule has 0 aliphatic carbocycles. The molecule has 2 aromatic rings. The third-order valence-corrected chi connectivity index (χ3v) is 4.93. The summed E-state index contributed by atoms with van der Waals surface area (Å²) in [6.45, 7) is 4.00. The second-order valence-corrected chi connectivity index (χ2v) is 6.79. The van der Waals surface area contributed by atoms with Gasteiger partial charge in [-0.15, -0.1) is 11.3 Å². The van der Waals surface area contributed by atoms with E-state index in [4.69, 9.17) is 5.73 Å². The largest absolute Gasteiger partial charge is 0.397 e. The molecule has 0 saturated heterocycles. The van der Waals surface area contributed by atoms with E-state index >= 15 is 0 Å². The second kappa shape index (κ2) is 6.45. The Bertz CT molecular complexity index is 624. The summed E-state index contributed by atoms with van der Waals surface area (Å²) >= 11 is 3.14. The highest BCUT2D eigenvalue weighted by molar-refractivity contribution is 7.98. The predicted molar refractivity (Wildman–Crippen MR) is 88.7 cm³/mol. The summed E-state index contributed by atoms with van der Waals surface area (Å²) < 4.78 is 0. The predicted octanol–water partition coefficient (Wildman–Crippen LogP) is 3.06. The highest BCUT2D eigenvalue weighted by Gasteiger charge is 2.19. The summed E-state index contributed by atoms with van der Waals surface area (Å²) in [6, 6.07) is 2.06. The van der Waals surface area contributed by atoms with Gasteiger partial charge in [0.2, 0.25) is 0 Å². The quantitative estimate of drug-likeness (QED) is 0.890. The van der Waals surface area contributed by atoms with Gasteiger partial charge < -0.3 is 11.1 Å². The number of pyridine rings is 1. The lowest BCUT2D eigenvalue weighted by atomic mass is 10.1. The number of thioether (sulfide) groups is 1. The maximum absolute atomic E-state index is 12.3. The number of nitrogens with zero attached hydrogens (tertiary/aromatic N) is 1. The second-order valence-electron chi connectivity index (χ2n) is 4.81. The van der Waals surface area contributed by atoms with Gasteiger partial charge in [-0.25, -0.2) is 4.98 Å². The van der Waals surface area contributed by atoms with Gasteiger partial charge in [-0.1, -0.05) is 0 Å². The van der Waals surface area contributed by atoms with E-state index in [1.807, 2.05) is 19.9 Å². The third-order valence-electron chi connectivity index (χ3n) is 3.18. The molecule has 0 radical (unpaired) electrons. The molecular formula is C14H19N3OS2. The van der Waals surface area contributed by atoms with Crippen molar-refractivity contribution in [1.29, 1.82) is 0 Å². The molecule has 6 heteroatoms. The van der Waals surface area contributed by atoms with Crippen LogP contribution in [0.2, 0.25) is 0 Å². The number of hydrogen-bond acceptors (Lipinski definition) is 5. The van der Waals surface area contributed by atoms with Crippen LogP contribution in [0.1, 0.15) is 28.6 Å². The number of amides is 1.